The van der Waals surface area contributed by atoms with Crippen LogP contribution in [0.5, 0.6) is 5.75 Å². The summed E-state index contributed by atoms with van der Waals surface area (Å²) in [6, 6.07) is 6.56. The maximum absolute atomic E-state index is 11.8. The quantitative estimate of drug-likeness (QED) is 0.652. The van der Waals surface area contributed by atoms with Gasteiger partial charge < -0.3 is 4.74 Å². The summed E-state index contributed by atoms with van der Waals surface area (Å²) in [5.41, 5.74) is 1.83. The number of alkyl halides is 3. The van der Waals surface area contributed by atoms with Gasteiger partial charge in [-0.15, -0.1) is 0 Å². The molecule has 1 amide bonds. The summed E-state index contributed by atoms with van der Waals surface area (Å²) in [5, 5.41) is 3.19. The molecule has 0 spiro atoms. The summed E-state index contributed by atoms with van der Waals surface area (Å²) in [6.07, 6.45) is -3.87. The lowest BCUT2D eigenvalue weighted by Gasteiger charge is -2.04. The molecule has 1 rings (SSSR count). The van der Waals surface area contributed by atoms with E-state index in [9.17, 15) is 18.0 Å². The molecule has 0 atom stereocenters. The SMILES string of the molecule is COc1ccccc1C=NNC(=O)C(F)(F)F. The summed E-state index contributed by atoms with van der Waals surface area (Å²) >= 11 is 0. The molecular weight excluding hydrogens is 237 g/mol. The highest BCUT2D eigenvalue weighted by Crippen LogP contribution is 2.15. The minimum absolute atomic E-state index is 0.442. The van der Waals surface area contributed by atoms with E-state index in [1.165, 1.54) is 12.5 Å². The maximum atomic E-state index is 11.8. The molecule has 0 heterocycles. The Kier molecular flexibility index (Phi) is 4.08. The first-order chi connectivity index (χ1) is 7.95. The number of nitrogens with zero attached hydrogens (tertiary/aromatic N) is 1. The molecule has 92 valence electrons. The molecule has 0 aromatic heterocycles. The fourth-order valence-corrected chi connectivity index (χ4v) is 0.997. The van der Waals surface area contributed by atoms with Gasteiger partial charge in [-0.1, -0.05) is 12.1 Å². The van der Waals surface area contributed by atoms with Gasteiger partial charge in [0.1, 0.15) is 5.75 Å². The molecule has 0 bridgehead atoms. The number of amides is 1. The molecule has 0 radical (unpaired) electrons. The van der Waals surface area contributed by atoms with Gasteiger partial charge in [-0.2, -0.15) is 18.3 Å². The number of nitrogens with one attached hydrogen (secondary N) is 1. The maximum Gasteiger partial charge on any atom is 0.473 e. The van der Waals surface area contributed by atoms with Crippen LogP contribution in [0.3, 0.4) is 0 Å². The van der Waals surface area contributed by atoms with Gasteiger partial charge in [0.25, 0.3) is 0 Å². The van der Waals surface area contributed by atoms with Crippen molar-refractivity contribution in [3.05, 3.63) is 29.8 Å². The zero-order chi connectivity index (χ0) is 12.9. The Hall–Kier alpha value is -2.05. The summed E-state index contributed by atoms with van der Waals surface area (Å²) < 4.78 is 40.4. The molecule has 0 aliphatic carbocycles. The minimum atomic E-state index is -4.95. The van der Waals surface area contributed by atoms with Crippen molar-refractivity contribution in [2.75, 3.05) is 7.11 Å². The number of benzene rings is 1. The number of halogens is 3. The number of hydrazone groups is 1. The van der Waals surface area contributed by atoms with Gasteiger partial charge in [0.2, 0.25) is 0 Å². The Morgan fingerprint density at radius 2 is 2.06 bits per heavy atom. The Balaban J connectivity index is 2.69. The van der Waals surface area contributed by atoms with E-state index in [0.717, 1.165) is 6.21 Å². The second-order valence-electron chi connectivity index (χ2n) is 2.94. The van der Waals surface area contributed by atoms with Crippen molar-refractivity contribution >= 4 is 12.1 Å². The lowest BCUT2D eigenvalue weighted by molar-refractivity contribution is -0.173. The molecule has 1 N–H and O–H groups in total. The molecule has 0 aliphatic rings. The molecule has 0 saturated heterocycles. The largest absolute Gasteiger partial charge is 0.496 e. The highest BCUT2D eigenvalue weighted by Gasteiger charge is 2.38. The first-order valence-electron chi connectivity index (χ1n) is 4.48. The van der Waals surface area contributed by atoms with Crippen LogP contribution in [0.25, 0.3) is 0 Å². The molecule has 4 nitrogen and oxygen atoms in total. The average Bonchev–Trinajstić information content (AvgIpc) is 2.28. The smallest absolute Gasteiger partial charge is 0.473 e. The predicted molar refractivity (Wildman–Crippen MR) is 54.8 cm³/mol. The minimum Gasteiger partial charge on any atom is -0.496 e. The lowest BCUT2D eigenvalue weighted by atomic mass is 10.2. The molecule has 0 fully saturated rings. The van der Waals surface area contributed by atoms with E-state index in [4.69, 9.17) is 4.74 Å². The van der Waals surface area contributed by atoms with Crippen molar-refractivity contribution in [3.63, 3.8) is 0 Å². The van der Waals surface area contributed by atoms with Crippen LogP contribution in [0.15, 0.2) is 29.4 Å². The Morgan fingerprint density at radius 3 is 2.65 bits per heavy atom. The summed E-state index contributed by atoms with van der Waals surface area (Å²) in [6.45, 7) is 0. The average molecular weight is 246 g/mol. The fraction of sp³-hybridized carbons (Fsp3) is 0.200. The monoisotopic (exact) mass is 246 g/mol. The zero-order valence-electron chi connectivity index (χ0n) is 8.78. The predicted octanol–water partition coefficient (Wildman–Crippen LogP) is 1.71. The van der Waals surface area contributed by atoms with Gasteiger partial charge in [0, 0.05) is 5.56 Å². The summed E-state index contributed by atoms with van der Waals surface area (Å²) in [4.78, 5) is 10.4. The van der Waals surface area contributed by atoms with E-state index in [1.54, 1.807) is 24.3 Å². The third kappa shape index (κ3) is 3.78. The molecule has 0 unspecified atom stereocenters. The Morgan fingerprint density at radius 1 is 1.41 bits per heavy atom. The van der Waals surface area contributed by atoms with E-state index in [-0.39, 0.29) is 0 Å². The molecular formula is C10H9F3N2O2. The van der Waals surface area contributed by atoms with Crippen molar-refractivity contribution < 1.29 is 22.7 Å². The van der Waals surface area contributed by atoms with Crippen molar-refractivity contribution in [2.24, 2.45) is 5.10 Å². The molecule has 17 heavy (non-hydrogen) atoms. The highest BCUT2D eigenvalue weighted by atomic mass is 19.4. The Labute approximate surface area is 95.1 Å². The van der Waals surface area contributed by atoms with E-state index >= 15 is 0 Å². The van der Waals surface area contributed by atoms with Crippen LogP contribution in [-0.2, 0) is 4.79 Å². The topological polar surface area (TPSA) is 50.7 Å². The van der Waals surface area contributed by atoms with Gasteiger partial charge in [-0.05, 0) is 12.1 Å². The van der Waals surface area contributed by atoms with Gasteiger partial charge in [0.05, 0.1) is 13.3 Å². The third-order valence-corrected chi connectivity index (χ3v) is 1.77. The van der Waals surface area contributed by atoms with Crippen LogP contribution < -0.4 is 10.2 Å². The van der Waals surface area contributed by atoms with E-state index in [2.05, 4.69) is 5.10 Å². The fourth-order valence-electron chi connectivity index (χ4n) is 0.997. The van der Waals surface area contributed by atoms with Crippen molar-refractivity contribution in [2.45, 2.75) is 6.18 Å². The van der Waals surface area contributed by atoms with Crippen LogP contribution in [-0.4, -0.2) is 25.4 Å². The lowest BCUT2D eigenvalue weighted by Crippen LogP contribution is -2.33. The third-order valence-electron chi connectivity index (χ3n) is 1.77. The van der Waals surface area contributed by atoms with Crippen molar-refractivity contribution in [1.82, 2.24) is 5.43 Å². The summed E-state index contributed by atoms with van der Waals surface area (Å²) in [5.74, 6) is -1.68. The second-order valence-corrected chi connectivity index (χ2v) is 2.94. The highest BCUT2D eigenvalue weighted by molar-refractivity contribution is 5.86. The number of carbonyl (C=O) groups is 1. The van der Waals surface area contributed by atoms with Crippen molar-refractivity contribution in [1.29, 1.82) is 0 Å². The first-order valence-corrected chi connectivity index (χ1v) is 4.48. The van der Waals surface area contributed by atoms with Crippen molar-refractivity contribution in [3.8, 4) is 5.75 Å². The van der Waals surface area contributed by atoms with Crippen LogP contribution >= 0.6 is 0 Å². The zero-order valence-corrected chi connectivity index (χ0v) is 8.78. The van der Waals surface area contributed by atoms with Crippen LogP contribution in [0, 0.1) is 0 Å². The standard InChI is InChI=1S/C10H9F3N2O2/c1-17-8-5-3-2-4-7(8)6-14-15-9(16)10(11,12)13/h2-6H,1H3,(H,15,16). The van der Waals surface area contributed by atoms with Gasteiger partial charge >= 0.3 is 12.1 Å². The number of methoxy groups -OCH3 is 1. The molecule has 1 aromatic rings. The van der Waals surface area contributed by atoms with Gasteiger partial charge in [-0.3, -0.25) is 4.79 Å². The number of hydrogen-bond acceptors (Lipinski definition) is 3. The van der Waals surface area contributed by atoms with Gasteiger partial charge in [0.15, 0.2) is 0 Å². The number of hydrogen-bond donors (Lipinski definition) is 1. The molecule has 0 aliphatic heterocycles. The summed E-state index contributed by atoms with van der Waals surface area (Å²) in [7, 11) is 1.42. The molecule has 1 aromatic carbocycles. The molecule has 7 heteroatoms. The number of ether oxygens (including phenoxy) is 1. The number of para-hydroxylation sites is 1. The Bertz CT molecular complexity index is 430. The van der Waals surface area contributed by atoms with E-state index in [1.807, 2.05) is 0 Å². The first kappa shape index (κ1) is 13.0. The van der Waals surface area contributed by atoms with Crippen LogP contribution in [0.1, 0.15) is 5.56 Å². The van der Waals surface area contributed by atoms with E-state index in [0.29, 0.717) is 11.3 Å². The van der Waals surface area contributed by atoms with Gasteiger partial charge in [-0.25, -0.2) is 5.43 Å². The van der Waals surface area contributed by atoms with Crippen LogP contribution in [0.4, 0.5) is 13.2 Å². The molecule has 0 saturated carbocycles. The van der Waals surface area contributed by atoms with E-state index < -0.39 is 12.1 Å². The number of rotatable bonds is 3. The van der Waals surface area contributed by atoms with Crippen LogP contribution in [0.2, 0.25) is 0 Å². The second kappa shape index (κ2) is 5.33. The number of carbonyl (C=O) groups excluding carboxylic acids is 1. The normalized spacial score (nSPS) is 11.5.